The first kappa shape index (κ1) is 25.7. The van der Waals surface area contributed by atoms with E-state index < -0.39 is 0 Å². The lowest BCUT2D eigenvalue weighted by Gasteiger charge is -2.34. The Kier molecular flexibility index (Phi) is 11.1. The number of benzene rings is 1. The van der Waals surface area contributed by atoms with Crippen LogP contribution in [0.1, 0.15) is 37.6 Å². The van der Waals surface area contributed by atoms with E-state index in [1.807, 2.05) is 20.8 Å². The third-order valence-electron chi connectivity index (χ3n) is 5.03. The second-order valence-corrected chi connectivity index (χ2v) is 7.37. The van der Waals surface area contributed by atoms with Crippen molar-refractivity contribution in [2.24, 2.45) is 0 Å². The predicted octanol–water partition coefficient (Wildman–Crippen LogP) is 1.79. The van der Waals surface area contributed by atoms with Gasteiger partial charge in [-0.2, -0.15) is 0 Å². The van der Waals surface area contributed by atoms with Gasteiger partial charge in [0.1, 0.15) is 0 Å². The van der Waals surface area contributed by atoms with Gasteiger partial charge in [0, 0.05) is 52.0 Å². The molecular formula is C23H37N3O6. The van der Waals surface area contributed by atoms with Gasteiger partial charge in [0.2, 0.25) is 11.7 Å². The van der Waals surface area contributed by atoms with Crippen LogP contribution in [0.3, 0.4) is 0 Å². The molecule has 0 radical (unpaired) electrons. The van der Waals surface area contributed by atoms with Crippen LogP contribution in [-0.4, -0.2) is 94.4 Å². The maximum atomic E-state index is 13.2. The van der Waals surface area contributed by atoms with Gasteiger partial charge in [0.15, 0.2) is 11.5 Å². The quantitative estimate of drug-likeness (QED) is 0.458. The zero-order valence-electron chi connectivity index (χ0n) is 19.8. The maximum Gasteiger partial charge on any atom is 0.254 e. The lowest BCUT2D eigenvalue weighted by Crippen LogP contribution is -2.51. The summed E-state index contributed by atoms with van der Waals surface area (Å²) >= 11 is 0. The zero-order chi connectivity index (χ0) is 23.3. The van der Waals surface area contributed by atoms with Gasteiger partial charge < -0.3 is 29.2 Å². The fourth-order valence-corrected chi connectivity index (χ4v) is 3.51. The predicted molar refractivity (Wildman–Crippen MR) is 122 cm³/mol. The fourth-order valence-electron chi connectivity index (χ4n) is 3.51. The summed E-state index contributed by atoms with van der Waals surface area (Å²) < 4.78 is 22.2. The molecule has 1 fully saturated rings. The van der Waals surface area contributed by atoms with Crippen molar-refractivity contribution in [2.75, 3.05) is 72.8 Å². The van der Waals surface area contributed by atoms with E-state index in [0.29, 0.717) is 88.5 Å². The Morgan fingerprint density at radius 2 is 1.53 bits per heavy atom. The van der Waals surface area contributed by atoms with E-state index in [4.69, 9.17) is 18.9 Å². The molecule has 1 heterocycles. The van der Waals surface area contributed by atoms with E-state index in [1.54, 1.807) is 24.1 Å². The average Bonchev–Trinajstić information content (AvgIpc) is 2.79. The summed E-state index contributed by atoms with van der Waals surface area (Å²) in [4.78, 5) is 29.1. The maximum absolute atomic E-state index is 13.2. The van der Waals surface area contributed by atoms with Crippen molar-refractivity contribution in [3.05, 3.63) is 17.7 Å². The lowest BCUT2D eigenvalue weighted by molar-refractivity contribution is -0.122. The minimum absolute atomic E-state index is 0.00453. The van der Waals surface area contributed by atoms with Gasteiger partial charge >= 0.3 is 0 Å². The molecule has 0 spiro atoms. The van der Waals surface area contributed by atoms with E-state index in [1.165, 1.54) is 0 Å². The molecular weight excluding hydrogens is 414 g/mol. The van der Waals surface area contributed by atoms with Gasteiger partial charge in [-0.15, -0.1) is 0 Å². The highest BCUT2D eigenvalue weighted by Gasteiger charge is 2.25. The third kappa shape index (κ3) is 7.56. The van der Waals surface area contributed by atoms with Crippen LogP contribution in [0.5, 0.6) is 17.2 Å². The summed E-state index contributed by atoms with van der Waals surface area (Å²) in [6.07, 6.45) is 0.792. The number of hydrogen-bond donors (Lipinski definition) is 1. The largest absolute Gasteiger partial charge is 0.490 e. The van der Waals surface area contributed by atoms with Gasteiger partial charge in [-0.05, 0) is 39.3 Å². The number of ether oxygens (including phenoxy) is 4. The summed E-state index contributed by atoms with van der Waals surface area (Å²) in [5.74, 6) is 1.45. The standard InChI is InChI=1S/C23H37N3O6/c1-5-30-19-15-18(16-20(31-6-2)22(19)32-7-3)23(28)26-12-10-25(11-13-26)17-21(27)24-9-8-14-29-4/h15-16H,5-14,17H2,1-4H3,(H,24,27). The highest BCUT2D eigenvalue weighted by Crippen LogP contribution is 2.39. The minimum Gasteiger partial charge on any atom is -0.490 e. The van der Waals surface area contributed by atoms with Crippen LogP contribution >= 0.6 is 0 Å². The van der Waals surface area contributed by atoms with Gasteiger partial charge in [0.05, 0.1) is 26.4 Å². The molecule has 0 aliphatic carbocycles. The van der Waals surface area contributed by atoms with E-state index in [-0.39, 0.29) is 11.8 Å². The number of rotatable bonds is 13. The molecule has 0 aromatic heterocycles. The van der Waals surface area contributed by atoms with Crippen molar-refractivity contribution >= 4 is 11.8 Å². The number of carbonyl (C=O) groups excluding carboxylic acids is 2. The van der Waals surface area contributed by atoms with Gasteiger partial charge in [-0.3, -0.25) is 14.5 Å². The Bertz CT molecular complexity index is 707. The molecule has 1 saturated heterocycles. The second kappa shape index (κ2) is 13.8. The molecule has 0 saturated carbocycles. The molecule has 1 aliphatic heterocycles. The van der Waals surface area contributed by atoms with Crippen LogP contribution in [-0.2, 0) is 9.53 Å². The molecule has 1 aliphatic rings. The summed E-state index contributed by atoms with van der Waals surface area (Å²) in [5, 5.41) is 2.90. The van der Waals surface area contributed by atoms with Crippen LogP contribution in [0.25, 0.3) is 0 Å². The Hall–Kier alpha value is -2.52. The van der Waals surface area contributed by atoms with Crippen LogP contribution < -0.4 is 19.5 Å². The Labute approximate surface area is 190 Å². The minimum atomic E-state index is -0.0846. The first-order valence-corrected chi connectivity index (χ1v) is 11.4. The van der Waals surface area contributed by atoms with Crippen LogP contribution in [0.2, 0.25) is 0 Å². The number of carbonyl (C=O) groups is 2. The molecule has 1 aromatic rings. The monoisotopic (exact) mass is 451 g/mol. The molecule has 0 bridgehead atoms. The van der Waals surface area contributed by atoms with E-state index in [9.17, 15) is 9.59 Å². The van der Waals surface area contributed by atoms with Crippen LogP contribution in [0.15, 0.2) is 12.1 Å². The third-order valence-corrected chi connectivity index (χ3v) is 5.03. The fraction of sp³-hybridized carbons (Fsp3) is 0.652. The highest BCUT2D eigenvalue weighted by molar-refractivity contribution is 5.95. The van der Waals surface area contributed by atoms with Crippen molar-refractivity contribution < 1.29 is 28.5 Å². The molecule has 0 atom stereocenters. The highest BCUT2D eigenvalue weighted by atomic mass is 16.5. The van der Waals surface area contributed by atoms with E-state index in [2.05, 4.69) is 10.2 Å². The van der Waals surface area contributed by atoms with Crippen molar-refractivity contribution in [1.82, 2.24) is 15.1 Å². The van der Waals surface area contributed by atoms with Crippen molar-refractivity contribution in [3.63, 3.8) is 0 Å². The second-order valence-electron chi connectivity index (χ2n) is 7.37. The molecule has 1 aromatic carbocycles. The number of methoxy groups -OCH3 is 1. The van der Waals surface area contributed by atoms with Gasteiger partial charge in [-0.25, -0.2) is 0 Å². The van der Waals surface area contributed by atoms with Crippen LogP contribution in [0, 0.1) is 0 Å². The van der Waals surface area contributed by atoms with Gasteiger partial charge in [0.25, 0.3) is 5.91 Å². The molecule has 2 rings (SSSR count). The first-order valence-electron chi connectivity index (χ1n) is 11.4. The number of amides is 2. The molecule has 1 N–H and O–H groups in total. The smallest absolute Gasteiger partial charge is 0.254 e. The van der Waals surface area contributed by atoms with Gasteiger partial charge in [-0.1, -0.05) is 0 Å². The summed E-state index contributed by atoms with van der Waals surface area (Å²) in [6.45, 7) is 11.0. The number of hydrogen-bond acceptors (Lipinski definition) is 7. The Balaban J connectivity index is 1.99. The van der Waals surface area contributed by atoms with Crippen molar-refractivity contribution in [1.29, 1.82) is 0 Å². The summed E-state index contributed by atoms with van der Waals surface area (Å²) in [7, 11) is 1.64. The number of piperazine rings is 1. The Morgan fingerprint density at radius 3 is 2.06 bits per heavy atom. The SMILES string of the molecule is CCOc1cc(C(=O)N2CCN(CC(=O)NCCCOC)CC2)cc(OCC)c1OCC. The number of nitrogens with one attached hydrogen (secondary N) is 1. The summed E-state index contributed by atoms with van der Waals surface area (Å²) in [5.41, 5.74) is 0.504. The van der Waals surface area contributed by atoms with Crippen molar-refractivity contribution in [3.8, 4) is 17.2 Å². The Morgan fingerprint density at radius 1 is 0.938 bits per heavy atom. The van der Waals surface area contributed by atoms with E-state index >= 15 is 0 Å². The average molecular weight is 452 g/mol. The first-order chi connectivity index (χ1) is 15.5. The van der Waals surface area contributed by atoms with Crippen LogP contribution in [0.4, 0.5) is 0 Å². The summed E-state index contributed by atoms with van der Waals surface area (Å²) in [6, 6.07) is 3.44. The normalized spacial score (nSPS) is 14.2. The topological polar surface area (TPSA) is 89.6 Å². The molecule has 2 amide bonds. The lowest BCUT2D eigenvalue weighted by atomic mass is 10.1. The molecule has 32 heavy (non-hydrogen) atoms. The molecule has 180 valence electrons. The molecule has 0 unspecified atom stereocenters. The number of nitrogens with zero attached hydrogens (tertiary/aromatic N) is 2. The zero-order valence-corrected chi connectivity index (χ0v) is 19.8. The molecule has 9 heteroatoms. The molecule has 9 nitrogen and oxygen atoms in total. The van der Waals surface area contributed by atoms with Crippen molar-refractivity contribution in [2.45, 2.75) is 27.2 Å². The van der Waals surface area contributed by atoms with E-state index in [0.717, 1.165) is 6.42 Å².